The molecular weight excluding hydrogens is 318 g/mol. The molecule has 1 aliphatic carbocycles. The Morgan fingerprint density at radius 3 is 2.56 bits per heavy atom. The zero-order chi connectivity index (χ0) is 17.8. The van der Waals surface area contributed by atoms with Crippen molar-refractivity contribution in [1.82, 2.24) is 5.48 Å². The van der Waals surface area contributed by atoms with Gasteiger partial charge in [0.1, 0.15) is 5.75 Å². The predicted octanol–water partition coefficient (Wildman–Crippen LogP) is 3.04. The SMILES string of the molecule is COc1ccc2c(c1)C/C(=C/c1ccc(/C=C/C(=O)NO)cc1)C2=O. The number of carbonyl (C=O) groups is 2. The maximum absolute atomic E-state index is 12.5. The summed E-state index contributed by atoms with van der Waals surface area (Å²) in [5, 5.41) is 8.45. The summed E-state index contributed by atoms with van der Waals surface area (Å²) in [5.41, 5.74) is 5.70. The van der Waals surface area contributed by atoms with E-state index in [0.717, 1.165) is 33.6 Å². The average Bonchev–Trinajstić information content (AvgIpc) is 2.95. The largest absolute Gasteiger partial charge is 0.497 e. The minimum absolute atomic E-state index is 0.0428. The number of hydrogen-bond donors (Lipinski definition) is 2. The molecule has 0 aliphatic heterocycles. The second-order valence-electron chi connectivity index (χ2n) is 5.67. The van der Waals surface area contributed by atoms with E-state index >= 15 is 0 Å². The van der Waals surface area contributed by atoms with Crippen molar-refractivity contribution >= 4 is 23.8 Å². The van der Waals surface area contributed by atoms with Gasteiger partial charge in [-0.1, -0.05) is 24.3 Å². The summed E-state index contributed by atoms with van der Waals surface area (Å²) in [5.74, 6) is 0.202. The Bertz CT molecular complexity index is 879. The van der Waals surface area contributed by atoms with Gasteiger partial charge in [0.15, 0.2) is 5.78 Å². The smallest absolute Gasteiger partial charge is 0.267 e. The molecule has 0 spiro atoms. The molecule has 0 atom stereocenters. The lowest BCUT2D eigenvalue weighted by atomic mass is 10.1. The third-order valence-corrected chi connectivity index (χ3v) is 4.04. The van der Waals surface area contributed by atoms with Crippen LogP contribution in [0.2, 0.25) is 0 Å². The quantitative estimate of drug-likeness (QED) is 0.512. The number of benzene rings is 2. The molecule has 25 heavy (non-hydrogen) atoms. The van der Waals surface area contributed by atoms with Crippen LogP contribution in [0, 0.1) is 0 Å². The first-order valence-corrected chi connectivity index (χ1v) is 7.75. The normalized spacial score (nSPS) is 14.8. The molecule has 0 bridgehead atoms. The first kappa shape index (κ1) is 16.7. The van der Waals surface area contributed by atoms with Crippen molar-refractivity contribution < 1.29 is 19.5 Å². The molecule has 0 fully saturated rings. The average molecular weight is 335 g/mol. The first-order valence-electron chi connectivity index (χ1n) is 7.75. The highest BCUT2D eigenvalue weighted by Crippen LogP contribution is 2.30. The molecule has 0 radical (unpaired) electrons. The summed E-state index contributed by atoms with van der Waals surface area (Å²) in [4.78, 5) is 23.5. The van der Waals surface area contributed by atoms with Crippen LogP contribution in [0.25, 0.3) is 12.2 Å². The molecule has 5 heteroatoms. The van der Waals surface area contributed by atoms with Gasteiger partial charge in [-0.2, -0.15) is 0 Å². The zero-order valence-electron chi connectivity index (χ0n) is 13.7. The van der Waals surface area contributed by atoms with E-state index in [4.69, 9.17) is 9.94 Å². The van der Waals surface area contributed by atoms with Crippen LogP contribution in [0.15, 0.2) is 54.1 Å². The predicted molar refractivity (Wildman–Crippen MR) is 94.4 cm³/mol. The van der Waals surface area contributed by atoms with Crippen molar-refractivity contribution in [2.24, 2.45) is 0 Å². The number of nitrogens with one attached hydrogen (secondary N) is 1. The Morgan fingerprint density at radius 1 is 1.16 bits per heavy atom. The van der Waals surface area contributed by atoms with Gasteiger partial charge in [-0.25, -0.2) is 5.48 Å². The third-order valence-electron chi connectivity index (χ3n) is 4.04. The molecule has 2 N–H and O–H groups in total. The highest BCUT2D eigenvalue weighted by molar-refractivity contribution is 6.15. The molecule has 1 aliphatic rings. The number of carbonyl (C=O) groups excluding carboxylic acids is 2. The molecule has 2 aromatic rings. The van der Waals surface area contributed by atoms with Crippen molar-refractivity contribution in [3.8, 4) is 5.75 Å². The first-order chi connectivity index (χ1) is 12.1. The van der Waals surface area contributed by atoms with Crippen LogP contribution in [0.3, 0.4) is 0 Å². The molecule has 2 aromatic carbocycles. The lowest BCUT2D eigenvalue weighted by molar-refractivity contribution is -0.124. The van der Waals surface area contributed by atoms with Crippen molar-refractivity contribution in [2.75, 3.05) is 7.11 Å². The number of hydroxylamine groups is 1. The van der Waals surface area contributed by atoms with Gasteiger partial charge in [0, 0.05) is 23.6 Å². The molecule has 0 saturated heterocycles. The molecule has 1 amide bonds. The number of fused-ring (bicyclic) bond motifs is 1. The number of methoxy groups -OCH3 is 1. The molecule has 5 nitrogen and oxygen atoms in total. The fraction of sp³-hybridized carbons (Fsp3) is 0.100. The van der Waals surface area contributed by atoms with Gasteiger partial charge in [0.25, 0.3) is 5.91 Å². The summed E-state index contributed by atoms with van der Waals surface area (Å²) < 4.78 is 5.21. The van der Waals surface area contributed by atoms with Crippen LogP contribution in [-0.2, 0) is 11.2 Å². The van der Waals surface area contributed by atoms with E-state index in [1.165, 1.54) is 11.6 Å². The van der Waals surface area contributed by atoms with Gasteiger partial charge >= 0.3 is 0 Å². The summed E-state index contributed by atoms with van der Waals surface area (Å²) in [6.07, 6.45) is 5.29. The molecule has 3 rings (SSSR count). The second-order valence-corrected chi connectivity index (χ2v) is 5.67. The Morgan fingerprint density at radius 2 is 1.88 bits per heavy atom. The molecule has 0 aromatic heterocycles. The number of ketones is 1. The topological polar surface area (TPSA) is 75.6 Å². The van der Waals surface area contributed by atoms with Crippen molar-refractivity contribution in [3.05, 3.63) is 76.4 Å². The van der Waals surface area contributed by atoms with Crippen molar-refractivity contribution in [3.63, 3.8) is 0 Å². The third kappa shape index (κ3) is 3.67. The molecular formula is C20H17NO4. The summed E-state index contributed by atoms with van der Waals surface area (Å²) >= 11 is 0. The Hall–Kier alpha value is -3.18. The molecule has 0 unspecified atom stereocenters. The van der Waals surface area contributed by atoms with Crippen LogP contribution in [0.5, 0.6) is 5.75 Å². The number of allylic oxidation sites excluding steroid dienone is 1. The fourth-order valence-corrected chi connectivity index (χ4v) is 2.75. The van der Waals surface area contributed by atoms with E-state index in [-0.39, 0.29) is 5.78 Å². The Labute approximate surface area is 145 Å². The van der Waals surface area contributed by atoms with Gasteiger partial charge in [-0.3, -0.25) is 14.8 Å². The lowest BCUT2D eigenvalue weighted by Crippen LogP contribution is -2.14. The van der Waals surface area contributed by atoms with Crippen LogP contribution in [0.4, 0.5) is 0 Å². The Kier molecular flexibility index (Phi) is 4.77. The maximum atomic E-state index is 12.5. The monoisotopic (exact) mass is 335 g/mol. The minimum atomic E-state index is -0.587. The maximum Gasteiger partial charge on any atom is 0.267 e. The fourth-order valence-electron chi connectivity index (χ4n) is 2.75. The van der Waals surface area contributed by atoms with E-state index in [2.05, 4.69) is 0 Å². The highest BCUT2D eigenvalue weighted by Gasteiger charge is 2.24. The van der Waals surface area contributed by atoms with E-state index < -0.39 is 5.91 Å². The number of Topliss-reactive ketones (excluding diaryl/α,β-unsaturated/α-hetero) is 1. The summed E-state index contributed by atoms with van der Waals surface area (Å²) in [7, 11) is 1.61. The summed E-state index contributed by atoms with van der Waals surface area (Å²) in [6.45, 7) is 0. The highest BCUT2D eigenvalue weighted by atomic mass is 16.5. The summed E-state index contributed by atoms with van der Waals surface area (Å²) in [6, 6.07) is 12.9. The van der Waals surface area contributed by atoms with E-state index in [1.807, 2.05) is 36.4 Å². The van der Waals surface area contributed by atoms with Gasteiger partial charge in [-0.15, -0.1) is 0 Å². The van der Waals surface area contributed by atoms with E-state index in [1.54, 1.807) is 25.3 Å². The van der Waals surface area contributed by atoms with Gasteiger partial charge in [0.2, 0.25) is 0 Å². The zero-order valence-corrected chi connectivity index (χ0v) is 13.7. The van der Waals surface area contributed by atoms with E-state index in [0.29, 0.717) is 6.42 Å². The standard InChI is InChI=1S/C20H17NO4/c1-25-17-7-8-18-15(12-17)11-16(20(18)23)10-14-4-2-13(3-5-14)6-9-19(22)21-24/h2-10,12,24H,11H2,1H3,(H,21,22)/b9-6+,16-10-. The molecule has 0 saturated carbocycles. The van der Waals surface area contributed by atoms with Crippen LogP contribution < -0.4 is 10.2 Å². The van der Waals surface area contributed by atoms with Crippen LogP contribution >= 0.6 is 0 Å². The molecule has 126 valence electrons. The number of rotatable bonds is 4. The second kappa shape index (κ2) is 7.15. The van der Waals surface area contributed by atoms with Crippen LogP contribution in [-0.4, -0.2) is 24.0 Å². The molecule has 0 heterocycles. The Balaban J connectivity index is 1.79. The van der Waals surface area contributed by atoms with Crippen molar-refractivity contribution in [1.29, 1.82) is 0 Å². The number of ether oxygens (including phenoxy) is 1. The van der Waals surface area contributed by atoms with Crippen LogP contribution in [0.1, 0.15) is 27.0 Å². The van der Waals surface area contributed by atoms with Gasteiger partial charge in [-0.05, 0) is 47.0 Å². The van der Waals surface area contributed by atoms with E-state index in [9.17, 15) is 9.59 Å². The van der Waals surface area contributed by atoms with Gasteiger partial charge < -0.3 is 4.74 Å². The number of hydrogen-bond acceptors (Lipinski definition) is 4. The minimum Gasteiger partial charge on any atom is -0.497 e. The van der Waals surface area contributed by atoms with Crippen molar-refractivity contribution in [2.45, 2.75) is 6.42 Å². The number of amides is 1. The van der Waals surface area contributed by atoms with Gasteiger partial charge in [0.05, 0.1) is 7.11 Å². The lowest BCUT2D eigenvalue weighted by Gasteiger charge is -2.01.